The fraction of sp³-hybridized carbons (Fsp3) is 0.727. The third-order valence-corrected chi connectivity index (χ3v) is 2.48. The van der Waals surface area contributed by atoms with Crippen molar-refractivity contribution in [2.75, 3.05) is 14.2 Å². The number of ether oxygens (including phenoxy) is 2. The molecule has 0 aromatic carbocycles. The van der Waals surface area contributed by atoms with Gasteiger partial charge < -0.3 is 29.9 Å². The summed E-state index contributed by atoms with van der Waals surface area (Å²) < 4.78 is 8.90. The van der Waals surface area contributed by atoms with Crippen LogP contribution in [0.1, 0.15) is 69.2 Å². The summed E-state index contributed by atoms with van der Waals surface area (Å²) in [5.74, 6) is -0.372. The molecule has 0 bridgehead atoms. The Morgan fingerprint density at radius 3 is 0.935 bits per heavy atom. The van der Waals surface area contributed by atoms with E-state index in [4.69, 9.17) is 20.4 Å². The second kappa shape index (κ2) is 20.6. The molecule has 8 nitrogen and oxygen atoms in total. The Kier molecular flexibility index (Phi) is 26.6. The van der Waals surface area contributed by atoms with Crippen LogP contribution in [0.3, 0.4) is 0 Å². The number of hydrogen-bond acceptors (Lipinski definition) is 6. The van der Waals surface area contributed by atoms with Crippen molar-refractivity contribution >= 4 is 11.6 Å². The molecule has 0 saturated heterocycles. The molecule has 0 aromatic rings. The summed E-state index contributed by atoms with van der Waals surface area (Å²) in [5, 5.41) is 33.8. The van der Waals surface area contributed by atoms with Gasteiger partial charge in [0.25, 0.3) is 11.9 Å². The van der Waals surface area contributed by atoms with Gasteiger partial charge in [-0.15, -0.1) is 0 Å². The normalized spacial score (nSPS) is 11.5. The van der Waals surface area contributed by atoms with Crippen molar-refractivity contribution in [2.45, 2.75) is 81.4 Å². The van der Waals surface area contributed by atoms with Crippen LogP contribution in [0.15, 0.2) is 24.0 Å². The summed E-state index contributed by atoms with van der Waals surface area (Å²) >= 11 is 0. The van der Waals surface area contributed by atoms with E-state index in [2.05, 4.69) is 9.47 Å². The monoisotopic (exact) mass is 486 g/mol. The maximum atomic E-state index is 9.29. The minimum atomic E-state index is -0.355. The fourth-order valence-electron chi connectivity index (χ4n) is 0.785. The van der Waals surface area contributed by atoms with Crippen molar-refractivity contribution in [3.63, 3.8) is 0 Å². The van der Waals surface area contributed by atoms with Gasteiger partial charge in [-0.25, -0.2) is 0 Å². The van der Waals surface area contributed by atoms with Crippen molar-refractivity contribution in [1.29, 1.82) is 0 Å². The zero-order chi connectivity index (χ0) is 25.3. The van der Waals surface area contributed by atoms with Gasteiger partial charge in [-0.2, -0.15) is 0 Å². The Bertz CT molecular complexity index is 471. The summed E-state index contributed by atoms with van der Waals surface area (Å²) in [6.07, 6.45) is 2.06. The van der Waals surface area contributed by atoms with E-state index >= 15 is 0 Å². The van der Waals surface area contributed by atoms with Crippen LogP contribution in [-0.2, 0) is 31.2 Å². The fourth-order valence-corrected chi connectivity index (χ4v) is 0.785. The number of allylic oxidation sites excluding steroid dienone is 2. The number of aliphatic hydroxyl groups excluding tert-OH is 4. The number of rotatable bonds is 4. The standard InChI is InChI=1S/2C8H14O3.2C3H8O.Ti/c2*1-8(2,3)6(9)5-7(10)11-4;2*1-3(2)4;/h2*5,10H,1-4H3;2*3-4H,1-2H3;/p+2/b2*7-5+;;;. The third kappa shape index (κ3) is 39.7. The molecular weight excluding hydrogens is 440 g/mol. The molecule has 0 amide bonds. The molecule has 0 aliphatic carbocycles. The SMILES string of the molecule is CC(C)O.CC(C)O.CO/C(O)=C/C(=[OH+])C(C)(C)C.CO/C(O)=C/C(=[OH+])C(C)(C)C.[Ti]. The van der Waals surface area contributed by atoms with Crippen LogP contribution < -0.4 is 0 Å². The molecular formula is C22H46O8Ti+2. The maximum absolute atomic E-state index is 9.29. The first-order valence-corrected chi connectivity index (χ1v) is 9.60. The van der Waals surface area contributed by atoms with Crippen LogP contribution in [0.4, 0.5) is 0 Å². The number of methoxy groups -OCH3 is 2. The van der Waals surface area contributed by atoms with E-state index in [9.17, 15) is 9.59 Å². The van der Waals surface area contributed by atoms with E-state index in [0.717, 1.165) is 0 Å². The van der Waals surface area contributed by atoms with Gasteiger partial charge in [0.05, 0.1) is 25.0 Å². The van der Waals surface area contributed by atoms with Crippen molar-refractivity contribution < 1.29 is 61.2 Å². The minimum absolute atomic E-state index is 0. The van der Waals surface area contributed by atoms with Gasteiger partial charge in [-0.3, -0.25) is 9.59 Å². The third-order valence-electron chi connectivity index (χ3n) is 2.48. The average molecular weight is 486 g/mol. The molecule has 0 atom stereocenters. The molecule has 0 fully saturated rings. The summed E-state index contributed by atoms with van der Waals surface area (Å²) in [5.41, 5.74) is -0.709. The van der Waals surface area contributed by atoms with Gasteiger partial charge in [0, 0.05) is 33.9 Å². The summed E-state index contributed by atoms with van der Waals surface area (Å²) in [6, 6.07) is 0. The van der Waals surface area contributed by atoms with Gasteiger partial charge in [0.2, 0.25) is 0 Å². The van der Waals surface area contributed by atoms with Crippen molar-refractivity contribution in [3.8, 4) is 0 Å². The molecule has 31 heavy (non-hydrogen) atoms. The molecule has 6 N–H and O–H groups in total. The van der Waals surface area contributed by atoms with E-state index in [1.54, 1.807) is 27.7 Å². The van der Waals surface area contributed by atoms with Gasteiger partial charge in [0.15, 0.2) is 0 Å². The van der Waals surface area contributed by atoms with Crippen LogP contribution in [0.5, 0.6) is 0 Å². The summed E-state index contributed by atoms with van der Waals surface area (Å²) in [6.45, 7) is 17.9. The molecule has 0 saturated carbocycles. The van der Waals surface area contributed by atoms with Gasteiger partial charge in [-0.1, -0.05) is 0 Å². The molecule has 0 aromatic heterocycles. The predicted octanol–water partition coefficient (Wildman–Crippen LogP) is 4.02. The van der Waals surface area contributed by atoms with Crippen molar-refractivity contribution in [1.82, 2.24) is 0 Å². The Labute approximate surface area is 203 Å². The second-order valence-electron chi connectivity index (χ2n) is 8.83. The smallest absolute Gasteiger partial charge is 0.328 e. The van der Waals surface area contributed by atoms with E-state index in [-0.39, 0.29) is 68.2 Å². The molecule has 0 aliphatic rings. The Morgan fingerprint density at radius 1 is 0.677 bits per heavy atom. The zero-order valence-electron chi connectivity index (χ0n) is 21.3. The van der Waals surface area contributed by atoms with E-state index in [1.807, 2.05) is 41.5 Å². The summed E-state index contributed by atoms with van der Waals surface area (Å²) in [7, 11) is 2.67. The van der Waals surface area contributed by atoms with Crippen LogP contribution >= 0.6 is 0 Å². The quantitative estimate of drug-likeness (QED) is 0.205. The molecule has 0 rings (SSSR count). The largest absolute Gasteiger partial charge is 0.481 e. The number of carbonyl (C=O) groups excluding carboxylic acids is 2. The van der Waals surface area contributed by atoms with Crippen LogP contribution in [0, 0.1) is 10.8 Å². The van der Waals surface area contributed by atoms with Crippen molar-refractivity contribution in [2.24, 2.45) is 10.8 Å². The van der Waals surface area contributed by atoms with E-state index < -0.39 is 0 Å². The predicted molar refractivity (Wildman–Crippen MR) is 123 cm³/mol. The number of aliphatic hydroxyl groups is 4. The molecule has 0 unspecified atom stereocenters. The van der Waals surface area contributed by atoms with Gasteiger partial charge >= 0.3 is 11.6 Å². The number of ketones is 2. The molecule has 0 spiro atoms. The molecule has 0 radical (unpaired) electrons. The average Bonchev–Trinajstić information content (AvgIpc) is 2.52. The maximum Gasteiger partial charge on any atom is 0.328 e. The topological polar surface area (TPSA) is 142 Å². The Morgan fingerprint density at radius 2 is 0.839 bits per heavy atom. The molecule has 0 heterocycles. The van der Waals surface area contributed by atoms with Crippen LogP contribution in [-0.4, -0.2) is 68.0 Å². The van der Waals surface area contributed by atoms with Crippen LogP contribution in [0.25, 0.3) is 0 Å². The van der Waals surface area contributed by atoms with Gasteiger partial charge in [-0.05, 0) is 69.2 Å². The zero-order valence-corrected chi connectivity index (χ0v) is 22.9. The summed E-state index contributed by atoms with van der Waals surface area (Å²) in [4.78, 5) is 18.6. The number of hydrogen-bond donors (Lipinski definition) is 4. The first-order chi connectivity index (χ1) is 13.2. The second-order valence-corrected chi connectivity index (χ2v) is 8.83. The van der Waals surface area contributed by atoms with Gasteiger partial charge in [0.1, 0.15) is 12.2 Å². The molecule has 184 valence electrons. The van der Waals surface area contributed by atoms with Crippen LogP contribution in [0.2, 0.25) is 0 Å². The minimum Gasteiger partial charge on any atom is -0.481 e. The van der Waals surface area contributed by atoms with E-state index in [0.29, 0.717) is 0 Å². The first kappa shape index (κ1) is 40.1. The Hall–Kier alpha value is -1.35. The van der Waals surface area contributed by atoms with Crippen molar-refractivity contribution in [3.05, 3.63) is 24.0 Å². The Balaban J connectivity index is -0.000000106. The van der Waals surface area contributed by atoms with E-state index in [1.165, 1.54) is 26.4 Å². The first-order valence-electron chi connectivity index (χ1n) is 9.60. The molecule has 9 heteroatoms. The molecule has 0 aliphatic heterocycles.